The van der Waals surface area contributed by atoms with Crippen LogP contribution in [0.2, 0.25) is 0 Å². The molecule has 8 nitrogen and oxygen atoms in total. The predicted octanol–water partition coefficient (Wildman–Crippen LogP) is -0.805. The minimum atomic E-state index is -0.358. The van der Waals surface area contributed by atoms with E-state index in [1.807, 2.05) is 0 Å². The molecule has 3 saturated heterocycles. The Balaban J connectivity index is 1.38. The van der Waals surface area contributed by atoms with E-state index in [0.717, 1.165) is 64.1 Å². The summed E-state index contributed by atoms with van der Waals surface area (Å²) in [6.45, 7) is 8.01. The van der Waals surface area contributed by atoms with Crippen LogP contribution >= 0.6 is 0 Å². The first kappa shape index (κ1) is 16.0. The normalized spacial score (nSPS) is 29.2. The van der Waals surface area contributed by atoms with Gasteiger partial charge in [0.25, 0.3) is 0 Å². The molecule has 132 valence electrons. The third-order valence-electron chi connectivity index (χ3n) is 5.10. The number of hydrogen-bond donors (Lipinski definition) is 1. The van der Waals surface area contributed by atoms with Gasteiger partial charge in [0.05, 0.1) is 38.6 Å². The number of morpholine rings is 1. The van der Waals surface area contributed by atoms with Gasteiger partial charge in [0.1, 0.15) is 18.0 Å². The average molecular weight is 335 g/mol. The maximum Gasteiger partial charge on any atom is 0.134 e. The van der Waals surface area contributed by atoms with Crippen LogP contribution in [0.1, 0.15) is 0 Å². The molecule has 24 heavy (non-hydrogen) atoms. The number of aliphatic hydroxyl groups excluding tert-OH is 1. The van der Waals surface area contributed by atoms with Crippen molar-refractivity contribution in [2.24, 2.45) is 0 Å². The summed E-state index contributed by atoms with van der Waals surface area (Å²) in [5, 5.41) is 9.99. The lowest BCUT2D eigenvalue weighted by Crippen LogP contribution is -2.53. The Hall–Kier alpha value is -1.48. The third-order valence-corrected chi connectivity index (χ3v) is 5.10. The molecule has 1 aromatic heterocycles. The zero-order valence-electron chi connectivity index (χ0n) is 13.9. The molecule has 0 saturated carbocycles. The van der Waals surface area contributed by atoms with E-state index in [0.29, 0.717) is 13.2 Å². The molecular weight excluding hydrogens is 310 g/mol. The molecule has 0 aliphatic carbocycles. The van der Waals surface area contributed by atoms with E-state index in [1.165, 1.54) is 0 Å². The molecule has 0 amide bonds. The van der Waals surface area contributed by atoms with Gasteiger partial charge in [-0.3, -0.25) is 4.90 Å². The smallest absolute Gasteiger partial charge is 0.134 e. The van der Waals surface area contributed by atoms with Crippen molar-refractivity contribution in [2.75, 3.05) is 75.5 Å². The first-order valence-corrected chi connectivity index (χ1v) is 8.71. The number of aliphatic hydroxyl groups is 1. The Bertz CT molecular complexity index is 546. The molecule has 0 spiro atoms. The highest BCUT2D eigenvalue weighted by Crippen LogP contribution is 2.21. The van der Waals surface area contributed by atoms with Crippen molar-refractivity contribution in [1.82, 2.24) is 14.9 Å². The van der Waals surface area contributed by atoms with Crippen LogP contribution in [0.5, 0.6) is 0 Å². The minimum absolute atomic E-state index is 0.140. The zero-order chi connectivity index (χ0) is 16.4. The van der Waals surface area contributed by atoms with Crippen molar-refractivity contribution in [2.45, 2.75) is 12.1 Å². The third kappa shape index (κ3) is 3.32. The minimum Gasteiger partial charge on any atom is -0.389 e. The summed E-state index contributed by atoms with van der Waals surface area (Å²) < 4.78 is 10.8. The van der Waals surface area contributed by atoms with E-state index >= 15 is 0 Å². The van der Waals surface area contributed by atoms with Crippen LogP contribution in [-0.4, -0.2) is 97.8 Å². The van der Waals surface area contributed by atoms with Crippen LogP contribution < -0.4 is 9.80 Å². The second kappa shape index (κ2) is 7.18. The fourth-order valence-corrected chi connectivity index (χ4v) is 3.64. The summed E-state index contributed by atoms with van der Waals surface area (Å²) in [6.07, 6.45) is 1.30. The molecular formula is C16H25N5O3. The summed E-state index contributed by atoms with van der Waals surface area (Å²) in [5.74, 6) is 1.96. The Morgan fingerprint density at radius 3 is 2.17 bits per heavy atom. The van der Waals surface area contributed by atoms with E-state index in [4.69, 9.17) is 9.47 Å². The van der Waals surface area contributed by atoms with Crippen molar-refractivity contribution in [3.05, 3.63) is 12.4 Å². The molecule has 0 aromatic carbocycles. The summed E-state index contributed by atoms with van der Waals surface area (Å²) in [7, 11) is 0. The van der Waals surface area contributed by atoms with Crippen molar-refractivity contribution in [3.8, 4) is 0 Å². The summed E-state index contributed by atoms with van der Waals surface area (Å²) in [6, 6.07) is 2.22. The number of piperazine rings is 1. The van der Waals surface area contributed by atoms with E-state index in [2.05, 4.69) is 30.7 Å². The van der Waals surface area contributed by atoms with Crippen LogP contribution in [0.25, 0.3) is 0 Å². The second-order valence-electron chi connectivity index (χ2n) is 6.53. The molecule has 4 rings (SSSR count). The molecule has 4 heterocycles. The van der Waals surface area contributed by atoms with Crippen LogP contribution in [0.15, 0.2) is 12.4 Å². The molecule has 0 radical (unpaired) electrons. The zero-order valence-corrected chi connectivity index (χ0v) is 13.9. The van der Waals surface area contributed by atoms with E-state index in [9.17, 15) is 5.11 Å². The fourth-order valence-electron chi connectivity index (χ4n) is 3.64. The van der Waals surface area contributed by atoms with Gasteiger partial charge in [-0.2, -0.15) is 0 Å². The van der Waals surface area contributed by atoms with Crippen LogP contribution in [0, 0.1) is 0 Å². The van der Waals surface area contributed by atoms with E-state index < -0.39 is 0 Å². The molecule has 8 heteroatoms. The molecule has 1 N–H and O–H groups in total. The van der Waals surface area contributed by atoms with Crippen LogP contribution in [-0.2, 0) is 9.47 Å². The monoisotopic (exact) mass is 335 g/mol. The largest absolute Gasteiger partial charge is 0.389 e. The van der Waals surface area contributed by atoms with Gasteiger partial charge >= 0.3 is 0 Å². The lowest BCUT2D eigenvalue weighted by molar-refractivity contribution is 0.0784. The Kier molecular flexibility index (Phi) is 4.79. The van der Waals surface area contributed by atoms with Gasteiger partial charge < -0.3 is 24.4 Å². The van der Waals surface area contributed by atoms with Gasteiger partial charge in [-0.15, -0.1) is 0 Å². The summed E-state index contributed by atoms with van der Waals surface area (Å²) >= 11 is 0. The van der Waals surface area contributed by atoms with Crippen molar-refractivity contribution in [1.29, 1.82) is 0 Å². The quantitative estimate of drug-likeness (QED) is 0.769. The Labute approximate surface area is 142 Å². The number of ether oxygens (including phenoxy) is 2. The van der Waals surface area contributed by atoms with Gasteiger partial charge in [0.2, 0.25) is 0 Å². The summed E-state index contributed by atoms with van der Waals surface area (Å²) in [5.41, 5.74) is 0. The van der Waals surface area contributed by atoms with Gasteiger partial charge in [-0.1, -0.05) is 0 Å². The van der Waals surface area contributed by atoms with E-state index in [1.54, 1.807) is 6.33 Å². The molecule has 0 bridgehead atoms. The van der Waals surface area contributed by atoms with E-state index in [-0.39, 0.29) is 12.1 Å². The van der Waals surface area contributed by atoms with Crippen molar-refractivity contribution >= 4 is 11.6 Å². The standard InChI is InChI=1S/C16H25N5O3/c22-14-11-24-10-13(14)19-1-3-20(4-2-19)15-9-16(18-12-17-15)21-5-7-23-8-6-21/h9,12-14,22H,1-8,10-11H2. The highest BCUT2D eigenvalue weighted by molar-refractivity contribution is 5.50. The molecule has 1 aromatic rings. The highest BCUT2D eigenvalue weighted by Gasteiger charge is 2.33. The highest BCUT2D eigenvalue weighted by atomic mass is 16.5. The lowest BCUT2D eigenvalue weighted by atomic mass is 10.1. The maximum absolute atomic E-state index is 9.99. The number of hydrogen-bond acceptors (Lipinski definition) is 8. The van der Waals surface area contributed by atoms with Crippen LogP contribution in [0.3, 0.4) is 0 Å². The molecule has 3 fully saturated rings. The number of rotatable bonds is 3. The number of nitrogens with zero attached hydrogens (tertiary/aromatic N) is 5. The van der Waals surface area contributed by atoms with Gasteiger partial charge in [-0.05, 0) is 0 Å². The SMILES string of the molecule is OC1COCC1N1CCN(c2cc(N3CCOCC3)ncn2)CC1. The molecule has 3 aliphatic rings. The molecule has 3 aliphatic heterocycles. The topological polar surface area (TPSA) is 74.2 Å². The van der Waals surface area contributed by atoms with Crippen molar-refractivity contribution in [3.63, 3.8) is 0 Å². The second-order valence-corrected chi connectivity index (χ2v) is 6.53. The Morgan fingerprint density at radius 2 is 1.54 bits per heavy atom. The summed E-state index contributed by atoms with van der Waals surface area (Å²) in [4.78, 5) is 15.8. The van der Waals surface area contributed by atoms with Gasteiger partial charge in [0.15, 0.2) is 0 Å². The predicted molar refractivity (Wildman–Crippen MR) is 89.5 cm³/mol. The molecule has 2 unspecified atom stereocenters. The van der Waals surface area contributed by atoms with Crippen molar-refractivity contribution < 1.29 is 14.6 Å². The maximum atomic E-state index is 9.99. The fraction of sp³-hybridized carbons (Fsp3) is 0.750. The first-order chi connectivity index (χ1) is 11.8. The number of anilines is 2. The lowest BCUT2D eigenvalue weighted by Gasteiger charge is -2.39. The first-order valence-electron chi connectivity index (χ1n) is 8.71. The van der Waals surface area contributed by atoms with Gasteiger partial charge in [-0.25, -0.2) is 9.97 Å². The average Bonchev–Trinajstić information content (AvgIpc) is 3.09. The van der Waals surface area contributed by atoms with Crippen LogP contribution in [0.4, 0.5) is 11.6 Å². The van der Waals surface area contributed by atoms with Gasteiger partial charge in [0, 0.05) is 45.3 Å². The molecule has 2 atom stereocenters. The Morgan fingerprint density at radius 1 is 0.875 bits per heavy atom. The number of aromatic nitrogens is 2.